The molecule has 6 atom stereocenters. The summed E-state index contributed by atoms with van der Waals surface area (Å²) in [4.78, 5) is 43.4. The number of fused-ring (bicyclic) bond motifs is 2. The van der Waals surface area contributed by atoms with Crippen LogP contribution in [0.3, 0.4) is 0 Å². The molecule has 0 aliphatic heterocycles. The van der Waals surface area contributed by atoms with Crippen LogP contribution in [0.4, 0.5) is 0 Å². The van der Waals surface area contributed by atoms with Crippen molar-refractivity contribution in [3.63, 3.8) is 0 Å². The van der Waals surface area contributed by atoms with Crippen molar-refractivity contribution in [3.8, 4) is 0 Å². The number of carbonyl (C=O) groups is 4. The van der Waals surface area contributed by atoms with Crippen LogP contribution in [-0.2, 0) is 28.7 Å². The van der Waals surface area contributed by atoms with E-state index in [0.29, 0.717) is 6.42 Å². The van der Waals surface area contributed by atoms with E-state index in [1.54, 1.807) is 0 Å². The lowest BCUT2D eigenvalue weighted by molar-refractivity contribution is -0.167. The van der Waals surface area contributed by atoms with Crippen molar-refractivity contribution in [2.24, 2.45) is 29.6 Å². The summed E-state index contributed by atoms with van der Waals surface area (Å²) in [6, 6.07) is 0. The highest BCUT2D eigenvalue weighted by atomic mass is 16.5. The van der Waals surface area contributed by atoms with Crippen LogP contribution in [0.2, 0.25) is 0 Å². The van der Waals surface area contributed by atoms with E-state index >= 15 is 0 Å². The number of carboxylic acids is 2. The average molecular weight is 286 g/mol. The minimum atomic E-state index is -1.21. The molecule has 0 amide bonds. The van der Waals surface area contributed by atoms with E-state index in [4.69, 9.17) is 4.74 Å². The first-order valence-electron chi connectivity index (χ1n) is 6.12. The molecule has 0 heterocycles. The molecule has 8 heteroatoms. The fourth-order valence-corrected chi connectivity index (χ4v) is 3.79. The number of aliphatic carboxylic acids is 2. The molecule has 2 rings (SSSR count). The largest absolute Gasteiger partial charge is 0.481 e. The lowest BCUT2D eigenvalue weighted by Gasteiger charge is -2.35. The topological polar surface area (TPSA) is 127 Å². The Kier molecular flexibility index (Phi) is 3.91. The molecule has 0 aromatic rings. The molecule has 2 N–H and O–H groups in total. The van der Waals surface area contributed by atoms with Crippen molar-refractivity contribution >= 4 is 24.9 Å². The lowest BCUT2D eigenvalue weighted by Crippen LogP contribution is -2.47. The highest BCUT2D eigenvalue weighted by Crippen LogP contribution is 2.56. The third-order valence-electron chi connectivity index (χ3n) is 4.39. The van der Waals surface area contributed by atoms with Crippen LogP contribution >= 0.6 is 0 Å². The summed E-state index contributed by atoms with van der Waals surface area (Å²) in [5.41, 5.74) is 0. The van der Waals surface area contributed by atoms with Crippen molar-refractivity contribution in [1.29, 1.82) is 0 Å². The molecule has 2 aliphatic rings. The van der Waals surface area contributed by atoms with Crippen molar-refractivity contribution in [3.05, 3.63) is 0 Å². The second kappa shape index (κ2) is 5.48. The van der Waals surface area contributed by atoms with E-state index in [1.165, 1.54) is 0 Å². The van der Waals surface area contributed by atoms with Crippen molar-refractivity contribution in [2.75, 3.05) is 6.61 Å². The molecular weight excluding hydrogens is 272 g/mol. The SMILES string of the molecule is O=COCC1C2CC(C1OC=O)C(C(=O)O)C2C(=O)O. The lowest BCUT2D eigenvalue weighted by atomic mass is 9.72. The van der Waals surface area contributed by atoms with Gasteiger partial charge in [0.15, 0.2) is 0 Å². The summed E-state index contributed by atoms with van der Waals surface area (Å²) in [5, 5.41) is 18.4. The number of rotatable bonds is 7. The third-order valence-corrected chi connectivity index (χ3v) is 4.39. The fraction of sp³-hybridized carbons (Fsp3) is 0.667. The highest BCUT2D eigenvalue weighted by molar-refractivity contribution is 5.82. The second-order valence-corrected chi connectivity index (χ2v) is 5.08. The van der Waals surface area contributed by atoms with Crippen LogP contribution < -0.4 is 0 Å². The van der Waals surface area contributed by atoms with Gasteiger partial charge in [0, 0.05) is 11.8 Å². The summed E-state index contributed by atoms with van der Waals surface area (Å²) in [6.07, 6.45) is -0.395. The van der Waals surface area contributed by atoms with E-state index in [-0.39, 0.29) is 19.6 Å². The summed E-state index contributed by atoms with van der Waals surface area (Å²) >= 11 is 0. The Morgan fingerprint density at radius 3 is 2.15 bits per heavy atom. The van der Waals surface area contributed by atoms with Gasteiger partial charge in [0.1, 0.15) is 6.10 Å². The number of ether oxygens (including phenoxy) is 2. The molecule has 0 aromatic heterocycles. The van der Waals surface area contributed by atoms with Gasteiger partial charge >= 0.3 is 11.9 Å². The van der Waals surface area contributed by atoms with Crippen molar-refractivity contribution in [1.82, 2.24) is 0 Å². The van der Waals surface area contributed by atoms with Crippen LogP contribution in [0.15, 0.2) is 0 Å². The van der Waals surface area contributed by atoms with Gasteiger partial charge in [0.25, 0.3) is 12.9 Å². The van der Waals surface area contributed by atoms with Gasteiger partial charge in [-0.05, 0) is 12.3 Å². The molecule has 6 unspecified atom stereocenters. The van der Waals surface area contributed by atoms with E-state index in [2.05, 4.69) is 4.74 Å². The normalized spacial score (nSPS) is 38.2. The van der Waals surface area contributed by atoms with E-state index in [0.717, 1.165) is 0 Å². The van der Waals surface area contributed by atoms with Crippen LogP contribution in [0.25, 0.3) is 0 Å². The van der Waals surface area contributed by atoms with Gasteiger partial charge in [0.2, 0.25) is 0 Å². The van der Waals surface area contributed by atoms with Gasteiger partial charge in [-0.25, -0.2) is 0 Å². The monoisotopic (exact) mass is 286 g/mol. The van der Waals surface area contributed by atoms with Crippen molar-refractivity contribution in [2.45, 2.75) is 12.5 Å². The first-order chi connectivity index (χ1) is 9.52. The number of carbonyl (C=O) groups excluding carboxylic acids is 2. The maximum Gasteiger partial charge on any atom is 0.307 e. The Balaban J connectivity index is 2.28. The van der Waals surface area contributed by atoms with E-state index in [9.17, 15) is 29.4 Å². The summed E-state index contributed by atoms with van der Waals surface area (Å²) < 4.78 is 9.58. The average Bonchev–Trinajstić information content (AvgIpc) is 2.92. The quantitative estimate of drug-likeness (QED) is 0.592. The minimum Gasteiger partial charge on any atom is -0.481 e. The molecule has 2 saturated carbocycles. The van der Waals surface area contributed by atoms with E-state index in [1.807, 2.05) is 0 Å². The van der Waals surface area contributed by atoms with Gasteiger partial charge in [0.05, 0.1) is 18.4 Å². The molecule has 0 radical (unpaired) electrons. The van der Waals surface area contributed by atoms with Crippen LogP contribution in [0.1, 0.15) is 6.42 Å². The molecular formula is C12H14O8. The molecule has 0 spiro atoms. The Morgan fingerprint density at radius 2 is 1.65 bits per heavy atom. The van der Waals surface area contributed by atoms with Crippen LogP contribution in [0.5, 0.6) is 0 Å². The first-order valence-corrected chi connectivity index (χ1v) is 6.12. The first kappa shape index (κ1) is 14.3. The predicted molar refractivity (Wildman–Crippen MR) is 60.3 cm³/mol. The molecule has 110 valence electrons. The van der Waals surface area contributed by atoms with E-state index < -0.39 is 47.6 Å². The van der Waals surface area contributed by atoms with Gasteiger partial charge in [-0.3, -0.25) is 19.2 Å². The van der Waals surface area contributed by atoms with Gasteiger partial charge < -0.3 is 19.7 Å². The smallest absolute Gasteiger partial charge is 0.307 e. The van der Waals surface area contributed by atoms with Gasteiger partial charge in [-0.15, -0.1) is 0 Å². The Morgan fingerprint density at radius 1 is 1.05 bits per heavy atom. The summed E-state index contributed by atoms with van der Waals surface area (Å²) in [7, 11) is 0. The predicted octanol–water partition coefficient (Wildman–Crippen LogP) is -0.631. The zero-order valence-electron chi connectivity index (χ0n) is 10.4. The maximum atomic E-state index is 11.3. The zero-order chi connectivity index (χ0) is 14.9. The molecule has 8 nitrogen and oxygen atoms in total. The Labute approximate surface area is 113 Å². The zero-order valence-corrected chi connectivity index (χ0v) is 10.4. The molecule has 2 aliphatic carbocycles. The maximum absolute atomic E-state index is 11.3. The minimum absolute atomic E-state index is 0.0840. The summed E-state index contributed by atoms with van der Waals surface area (Å²) in [6.45, 7) is 0.363. The molecule has 2 bridgehead atoms. The second-order valence-electron chi connectivity index (χ2n) is 5.08. The Bertz CT molecular complexity index is 433. The van der Waals surface area contributed by atoms with Gasteiger partial charge in [-0.2, -0.15) is 0 Å². The van der Waals surface area contributed by atoms with Crippen molar-refractivity contribution < 1.29 is 38.9 Å². The highest BCUT2D eigenvalue weighted by Gasteiger charge is 2.64. The number of hydrogen-bond donors (Lipinski definition) is 2. The van der Waals surface area contributed by atoms with Crippen LogP contribution in [0, 0.1) is 29.6 Å². The molecule has 2 fully saturated rings. The van der Waals surface area contributed by atoms with Gasteiger partial charge in [-0.1, -0.05) is 0 Å². The summed E-state index contributed by atoms with van der Waals surface area (Å²) in [5.74, 6) is -6.07. The Hall–Kier alpha value is -2.12. The molecule has 0 saturated heterocycles. The number of hydrogen-bond acceptors (Lipinski definition) is 6. The standard InChI is InChI=1S/C12H14O8/c13-3-19-2-7-5-1-6(10(7)20-4-14)9(12(17)18)8(5)11(15)16/h3-10H,1-2H2,(H,15,16)(H,17,18). The molecule has 0 aromatic carbocycles. The fourth-order valence-electron chi connectivity index (χ4n) is 3.79. The molecule has 20 heavy (non-hydrogen) atoms. The number of carboxylic acid groups (broad SMARTS) is 2. The van der Waals surface area contributed by atoms with Crippen LogP contribution in [-0.4, -0.2) is 47.8 Å². The third kappa shape index (κ3) is 2.10.